The third-order valence-electron chi connectivity index (χ3n) is 2.69. The van der Waals surface area contributed by atoms with Gasteiger partial charge in [0.15, 0.2) is 0 Å². The lowest BCUT2D eigenvalue weighted by Gasteiger charge is -2.27. The topological polar surface area (TPSA) is 3.24 Å². The van der Waals surface area contributed by atoms with Crippen LogP contribution in [0.2, 0.25) is 13.1 Å². The van der Waals surface area contributed by atoms with Crippen LogP contribution in [0, 0.1) is 0 Å². The molecule has 0 unspecified atom stereocenters. The van der Waals surface area contributed by atoms with Crippen molar-refractivity contribution in [3.8, 4) is 0 Å². The fourth-order valence-electron chi connectivity index (χ4n) is 1.59. The van der Waals surface area contributed by atoms with Crippen LogP contribution in [0.4, 0.5) is 0 Å². The average Bonchev–Trinajstić information content (AvgIpc) is 2.06. The van der Waals surface area contributed by atoms with Gasteiger partial charge in [-0.05, 0) is 25.9 Å². The minimum atomic E-state index is -0.572. The van der Waals surface area contributed by atoms with Gasteiger partial charge >= 0.3 is 0 Å². The Morgan fingerprint density at radius 1 is 1.25 bits per heavy atom. The van der Waals surface area contributed by atoms with Crippen LogP contribution < -0.4 is 0 Å². The molecule has 0 aliphatic carbocycles. The summed E-state index contributed by atoms with van der Waals surface area (Å²) < 4.78 is 0. The van der Waals surface area contributed by atoms with Crippen molar-refractivity contribution in [1.29, 1.82) is 0 Å². The molecule has 1 rings (SSSR count). The Kier molecular flexibility index (Phi) is 4.02. The molecule has 1 heterocycles. The van der Waals surface area contributed by atoms with E-state index in [0.29, 0.717) is 0 Å². The number of nitrogens with zero attached hydrogens (tertiary/aromatic N) is 1. The molecule has 1 nitrogen and oxygen atoms in total. The van der Waals surface area contributed by atoms with Gasteiger partial charge in [0.05, 0.1) is 8.80 Å². The van der Waals surface area contributed by atoms with Crippen LogP contribution in [0.5, 0.6) is 0 Å². The number of hydrogen-bond donors (Lipinski definition) is 0. The lowest BCUT2D eigenvalue weighted by atomic mass is 10.1. The predicted octanol–water partition coefficient (Wildman–Crippen LogP) is 2.05. The maximum atomic E-state index is 4.17. The first-order chi connectivity index (χ1) is 5.70. The molecule has 2 heteroatoms. The summed E-state index contributed by atoms with van der Waals surface area (Å²) >= 11 is 0. The standard InChI is InChI=1S/C10H21NSi/c1-10(12(2)3)9-11-7-5-4-6-8-11/h12H,1,4-9H2,2-3H3. The number of likely N-dealkylation sites (tertiary alicyclic amines) is 1. The molecule has 0 bridgehead atoms. The van der Waals surface area contributed by atoms with Crippen molar-refractivity contribution >= 4 is 8.80 Å². The molecular weight excluding hydrogens is 162 g/mol. The quantitative estimate of drug-likeness (QED) is 0.605. The Labute approximate surface area is 78.1 Å². The minimum absolute atomic E-state index is 0.572. The zero-order valence-electron chi connectivity index (χ0n) is 8.47. The van der Waals surface area contributed by atoms with Gasteiger partial charge in [-0.25, -0.2) is 0 Å². The van der Waals surface area contributed by atoms with Crippen LogP contribution in [-0.2, 0) is 0 Å². The largest absolute Gasteiger partial charge is 0.300 e. The second-order valence-electron chi connectivity index (χ2n) is 4.15. The van der Waals surface area contributed by atoms with Gasteiger partial charge in [0.2, 0.25) is 0 Å². The van der Waals surface area contributed by atoms with Crippen LogP contribution in [0.1, 0.15) is 19.3 Å². The Morgan fingerprint density at radius 2 is 1.83 bits per heavy atom. The van der Waals surface area contributed by atoms with Crippen molar-refractivity contribution in [1.82, 2.24) is 4.90 Å². The SMILES string of the molecule is C=C(CN1CCCCC1)[SiH](C)C. The molecule has 0 radical (unpaired) electrons. The molecule has 0 aromatic heterocycles. The van der Waals surface area contributed by atoms with Gasteiger partial charge in [0, 0.05) is 6.54 Å². The highest BCUT2D eigenvalue weighted by Gasteiger charge is 2.12. The second kappa shape index (κ2) is 4.82. The van der Waals surface area contributed by atoms with Gasteiger partial charge in [-0.2, -0.15) is 0 Å². The van der Waals surface area contributed by atoms with Gasteiger partial charge in [-0.15, -0.1) is 6.58 Å². The van der Waals surface area contributed by atoms with E-state index in [1.54, 1.807) is 0 Å². The minimum Gasteiger partial charge on any atom is -0.300 e. The first kappa shape index (κ1) is 10.0. The Bertz CT molecular complexity index is 148. The molecule has 70 valence electrons. The third kappa shape index (κ3) is 3.11. The summed E-state index contributed by atoms with van der Waals surface area (Å²) in [5.41, 5.74) is 0. The van der Waals surface area contributed by atoms with Gasteiger partial charge in [0.1, 0.15) is 0 Å². The number of rotatable bonds is 3. The molecule has 1 aliphatic heterocycles. The second-order valence-corrected chi connectivity index (χ2v) is 7.28. The molecule has 1 aliphatic rings. The highest BCUT2D eigenvalue weighted by atomic mass is 28.3. The first-order valence-electron chi connectivity index (χ1n) is 5.10. The summed E-state index contributed by atoms with van der Waals surface area (Å²) in [6, 6.07) is 0. The van der Waals surface area contributed by atoms with Crippen LogP contribution >= 0.6 is 0 Å². The summed E-state index contributed by atoms with van der Waals surface area (Å²) in [7, 11) is -0.572. The molecule has 0 N–H and O–H groups in total. The molecule has 0 aromatic rings. The lowest BCUT2D eigenvalue weighted by Crippen LogP contribution is -2.33. The summed E-state index contributed by atoms with van der Waals surface area (Å²) in [4.78, 5) is 2.57. The number of hydrogen-bond acceptors (Lipinski definition) is 1. The van der Waals surface area contributed by atoms with Gasteiger partial charge in [-0.1, -0.05) is 24.7 Å². The van der Waals surface area contributed by atoms with E-state index in [0.717, 1.165) is 0 Å². The van der Waals surface area contributed by atoms with Gasteiger partial charge < -0.3 is 0 Å². The van der Waals surface area contributed by atoms with Crippen molar-refractivity contribution < 1.29 is 0 Å². The zero-order valence-corrected chi connectivity index (χ0v) is 9.63. The summed E-state index contributed by atoms with van der Waals surface area (Å²) in [6.07, 6.45) is 4.22. The highest BCUT2D eigenvalue weighted by Crippen LogP contribution is 2.10. The fraction of sp³-hybridized carbons (Fsp3) is 0.800. The molecular formula is C10H21NSi. The lowest BCUT2D eigenvalue weighted by molar-refractivity contribution is 0.249. The van der Waals surface area contributed by atoms with E-state index in [-0.39, 0.29) is 0 Å². The molecule has 0 aromatic carbocycles. The van der Waals surface area contributed by atoms with Crippen molar-refractivity contribution in [3.63, 3.8) is 0 Å². The van der Waals surface area contributed by atoms with E-state index >= 15 is 0 Å². The van der Waals surface area contributed by atoms with E-state index in [4.69, 9.17) is 0 Å². The molecule has 0 spiro atoms. The normalized spacial score (nSPS) is 19.9. The molecule has 0 saturated carbocycles. The Balaban J connectivity index is 2.24. The monoisotopic (exact) mass is 183 g/mol. The van der Waals surface area contributed by atoms with Crippen molar-refractivity contribution in [3.05, 3.63) is 11.8 Å². The summed E-state index contributed by atoms with van der Waals surface area (Å²) in [5, 5.41) is 1.52. The van der Waals surface area contributed by atoms with E-state index in [9.17, 15) is 0 Å². The first-order valence-corrected chi connectivity index (χ1v) is 7.99. The molecule has 1 saturated heterocycles. The van der Waals surface area contributed by atoms with Crippen molar-refractivity contribution in [2.45, 2.75) is 32.4 Å². The molecule has 0 amide bonds. The molecule has 1 fully saturated rings. The van der Waals surface area contributed by atoms with E-state index < -0.39 is 8.80 Å². The van der Waals surface area contributed by atoms with Gasteiger partial charge in [-0.3, -0.25) is 4.90 Å². The third-order valence-corrected chi connectivity index (χ3v) is 4.51. The Morgan fingerprint density at radius 3 is 2.33 bits per heavy atom. The highest BCUT2D eigenvalue weighted by molar-refractivity contribution is 6.63. The molecule has 12 heavy (non-hydrogen) atoms. The maximum absolute atomic E-state index is 4.17. The van der Waals surface area contributed by atoms with Crippen molar-refractivity contribution in [2.24, 2.45) is 0 Å². The van der Waals surface area contributed by atoms with E-state index in [1.165, 1.54) is 44.1 Å². The van der Waals surface area contributed by atoms with Crippen molar-refractivity contribution in [2.75, 3.05) is 19.6 Å². The van der Waals surface area contributed by atoms with Crippen LogP contribution in [-0.4, -0.2) is 33.3 Å². The predicted molar refractivity (Wildman–Crippen MR) is 58.3 cm³/mol. The zero-order chi connectivity index (χ0) is 8.97. The summed E-state index contributed by atoms with van der Waals surface area (Å²) in [6.45, 7) is 12.7. The van der Waals surface area contributed by atoms with Crippen LogP contribution in [0.3, 0.4) is 0 Å². The van der Waals surface area contributed by atoms with Crippen LogP contribution in [0.25, 0.3) is 0 Å². The average molecular weight is 183 g/mol. The van der Waals surface area contributed by atoms with Crippen LogP contribution in [0.15, 0.2) is 11.8 Å². The molecule has 0 atom stereocenters. The van der Waals surface area contributed by atoms with E-state index in [2.05, 4.69) is 24.6 Å². The number of piperidine rings is 1. The maximum Gasteiger partial charge on any atom is 0.0604 e. The fourth-order valence-corrected chi connectivity index (χ4v) is 2.21. The van der Waals surface area contributed by atoms with E-state index in [1.807, 2.05) is 0 Å². The van der Waals surface area contributed by atoms with Gasteiger partial charge in [0.25, 0.3) is 0 Å². The summed E-state index contributed by atoms with van der Waals surface area (Å²) in [5.74, 6) is 0. The Hall–Kier alpha value is -0.0831. The smallest absolute Gasteiger partial charge is 0.0604 e.